The molecule has 0 aromatic heterocycles. The van der Waals surface area contributed by atoms with E-state index in [0.29, 0.717) is 18.3 Å². The lowest BCUT2D eigenvalue weighted by molar-refractivity contribution is -0.309. The zero-order chi connectivity index (χ0) is 23.7. The van der Waals surface area contributed by atoms with Crippen LogP contribution in [0.5, 0.6) is 5.75 Å². The topological polar surface area (TPSA) is 157 Å². The highest BCUT2D eigenvalue weighted by Gasteiger charge is 2.59. The number of ether oxygens (including phenoxy) is 2. The van der Waals surface area contributed by atoms with E-state index in [4.69, 9.17) is 9.47 Å². The summed E-state index contributed by atoms with van der Waals surface area (Å²) in [5.74, 6) is -0.367. The number of aliphatic hydroxyl groups excluding tert-OH is 4. The number of aliphatic hydroxyl groups is 4. The van der Waals surface area contributed by atoms with Gasteiger partial charge in [0.25, 0.3) is 0 Å². The average molecular weight is 465 g/mol. The Labute approximate surface area is 191 Å². The molecule has 9 nitrogen and oxygen atoms in total. The zero-order valence-electron chi connectivity index (χ0n) is 18.4. The largest absolute Gasteiger partial charge is 0.508 e. The van der Waals surface area contributed by atoms with Crippen LogP contribution in [0.1, 0.15) is 49.7 Å². The van der Waals surface area contributed by atoms with Gasteiger partial charge in [0.2, 0.25) is 0 Å². The molecule has 6 N–H and O–H groups in total. The van der Waals surface area contributed by atoms with Gasteiger partial charge in [-0.05, 0) is 78.5 Å². The van der Waals surface area contributed by atoms with Crippen LogP contribution < -0.4 is 0 Å². The minimum atomic E-state index is -1.78. The maximum absolute atomic E-state index is 11.4. The number of carbonyl (C=O) groups is 1. The number of aryl methyl sites for hydroxylation is 1. The number of carboxylic acids is 1. The van der Waals surface area contributed by atoms with E-state index in [1.807, 2.05) is 12.1 Å². The second kappa shape index (κ2) is 8.18. The molecule has 1 unspecified atom stereocenters. The van der Waals surface area contributed by atoms with E-state index in [-0.39, 0.29) is 11.7 Å². The minimum absolute atomic E-state index is 0.157. The van der Waals surface area contributed by atoms with Crippen molar-refractivity contribution in [1.82, 2.24) is 0 Å². The van der Waals surface area contributed by atoms with Gasteiger partial charge >= 0.3 is 5.97 Å². The summed E-state index contributed by atoms with van der Waals surface area (Å²) in [5, 5.41) is 60.7. The first-order valence-corrected chi connectivity index (χ1v) is 11.7. The van der Waals surface area contributed by atoms with Gasteiger partial charge in [0.15, 0.2) is 12.4 Å². The maximum Gasteiger partial charge on any atom is 0.335 e. The lowest BCUT2D eigenvalue weighted by atomic mass is 9.55. The third-order valence-corrected chi connectivity index (χ3v) is 8.78. The first-order valence-electron chi connectivity index (χ1n) is 11.7. The number of aromatic hydroxyl groups is 1. The molecule has 11 atom stereocenters. The Bertz CT molecular complexity index is 921. The highest BCUT2D eigenvalue weighted by Crippen LogP contribution is 2.61. The molecule has 1 saturated heterocycles. The molecule has 3 aliphatic carbocycles. The van der Waals surface area contributed by atoms with Gasteiger partial charge in [-0.2, -0.15) is 0 Å². The second-order valence-electron chi connectivity index (χ2n) is 10.4. The lowest BCUT2D eigenvalue weighted by Gasteiger charge is -2.49. The van der Waals surface area contributed by atoms with Crippen LogP contribution >= 0.6 is 0 Å². The highest BCUT2D eigenvalue weighted by atomic mass is 16.7. The summed E-state index contributed by atoms with van der Waals surface area (Å²) in [5.41, 5.74) is 2.04. The number of hydrogen-bond acceptors (Lipinski definition) is 8. The van der Waals surface area contributed by atoms with E-state index in [1.54, 1.807) is 6.07 Å². The van der Waals surface area contributed by atoms with Crippen molar-refractivity contribution in [3.05, 3.63) is 29.3 Å². The van der Waals surface area contributed by atoms with Gasteiger partial charge in [-0.25, -0.2) is 4.79 Å². The van der Waals surface area contributed by atoms with Crippen molar-refractivity contribution in [2.24, 2.45) is 17.3 Å². The molecule has 1 aromatic rings. The Balaban J connectivity index is 1.36. The first-order chi connectivity index (χ1) is 15.6. The van der Waals surface area contributed by atoms with Gasteiger partial charge in [0, 0.05) is 0 Å². The Hall–Kier alpha value is -1.75. The van der Waals surface area contributed by atoms with E-state index < -0.39 is 54.3 Å². The third-order valence-electron chi connectivity index (χ3n) is 8.78. The molecule has 33 heavy (non-hydrogen) atoms. The van der Waals surface area contributed by atoms with Crippen molar-refractivity contribution in [2.45, 2.75) is 87.9 Å². The number of benzene rings is 1. The van der Waals surface area contributed by atoms with Crippen molar-refractivity contribution < 1.29 is 44.9 Å². The Morgan fingerprint density at radius 2 is 1.88 bits per heavy atom. The summed E-state index contributed by atoms with van der Waals surface area (Å²) >= 11 is 0. The van der Waals surface area contributed by atoms with Crippen LogP contribution in [0.25, 0.3) is 0 Å². The fourth-order valence-corrected chi connectivity index (χ4v) is 7.00. The molecule has 2 saturated carbocycles. The number of rotatable bonds is 3. The van der Waals surface area contributed by atoms with Crippen LogP contribution in [0, 0.1) is 17.3 Å². The van der Waals surface area contributed by atoms with E-state index in [1.165, 1.54) is 11.1 Å². The van der Waals surface area contributed by atoms with E-state index in [9.17, 15) is 35.4 Å². The molecule has 4 aliphatic rings. The molecule has 1 aliphatic heterocycles. The Morgan fingerprint density at radius 3 is 2.61 bits per heavy atom. The van der Waals surface area contributed by atoms with Crippen molar-refractivity contribution in [1.29, 1.82) is 0 Å². The van der Waals surface area contributed by atoms with Crippen LogP contribution in [0.2, 0.25) is 0 Å². The molecular weight excluding hydrogens is 432 g/mol. The standard InChI is InChI=1S/C24H32O9/c1-24-7-6-13-12-5-3-11(25)8-10(12)2-4-14(13)15(24)9-16(21(24)29)32-23-19(28)17(26)18(27)20(33-23)22(30)31/h3,5,8,13-21,23,25-29H,2,4,6-7,9H2,1H3,(H,30,31)/t13-,14-,15+,16+,17+,18+,19-,20+,21?,23-,24+/m1/s1. The predicted octanol–water partition coefficient (Wildman–Crippen LogP) is 0.496. The van der Waals surface area contributed by atoms with Crippen molar-refractivity contribution in [2.75, 3.05) is 0 Å². The number of phenolic OH excluding ortho intramolecular Hbond substituents is 1. The highest BCUT2D eigenvalue weighted by molar-refractivity contribution is 5.73. The number of hydrogen-bond donors (Lipinski definition) is 6. The van der Waals surface area contributed by atoms with Gasteiger partial charge in [0.05, 0.1) is 12.2 Å². The normalized spacial score (nSPS) is 46.8. The fraction of sp³-hybridized carbons (Fsp3) is 0.708. The molecule has 0 radical (unpaired) electrons. The fourth-order valence-electron chi connectivity index (χ4n) is 7.00. The molecule has 9 heteroatoms. The lowest BCUT2D eigenvalue weighted by Crippen LogP contribution is -2.61. The van der Waals surface area contributed by atoms with Crippen LogP contribution in [0.15, 0.2) is 18.2 Å². The first kappa shape index (κ1) is 23.0. The van der Waals surface area contributed by atoms with Gasteiger partial charge in [-0.3, -0.25) is 0 Å². The van der Waals surface area contributed by atoms with Gasteiger partial charge in [-0.1, -0.05) is 13.0 Å². The van der Waals surface area contributed by atoms with E-state index in [2.05, 4.69) is 6.92 Å². The maximum atomic E-state index is 11.4. The summed E-state index contributed by atoms with van der Waals surface area (Å²) in [6.45, 7) is 2.06. The SMILES string of the molecule is C[C@]12CC[C@@H]3c4ccc(O)cc4CC[C@H]3[C@@H]1C[C@H](O[C@@H]1O[C@H](C(=O)O)[C@@H](O)[C@H](O)[C@H]1O)C2O. The van der Waals surface area contributed by atoms with Crippen LogP contribution in [0.3, 0.4) is 0 Å². The smallest absolute Gasteiger partial charge is 0.335 e. The van der Waals surface area contributed by atoms with Gasteiger partial charge in [0.1, 0.15) is 24.1 Å². The Kier molecular flexibility index (Phi) is 5.70. The molecule has 0 amide bonds. The molecule has 1 heterocycles. The van der Waals surface area contributed by atoms with E-state index >= 15 is 0 Å². The van der Waals surface area contributed by atoms with Crippen molar-refractivity contribution in [3.8, 4) is 5.75 Å². The number of phenols is 1. The third kappa shape index (κ3) is 3.57. The number of carboxylic acid groups (broad SMARTS) is 1. The predicted molar refractivity (Wildman–Crippen MR) is 113 cm³/mol. The quantitative estimate of drug-likeness (QED) is 0.375. The summed E-state index contributed by atoms with van der Waals surface area (Å²) in [7, 11) is 0. The number of aliphatic carboxylic acids is 1. The molecule has 0 bridgehead atoms. The second-order valence-corrected chi connectivity index (χ2v) is 10.4. The molecule has 5 rings (SSSR count). The Morgan fingerprint density at radius 1 is 1.12 bits per heavy atom. The molecule has 182 valence electrons. The van der Waals surface area contributed by atoms with E-state index in [0.717, 1.165) is 25.7 Å². The van der Waals surface area contributed by atoms with Crippen molar-refractivity contribution in [3.63, 3.8) is 0 Å². The van der Waals surface area contributed by atoms with Crippen LogP contribution in [-0.2, 0) is 20.7 Å². The zero-order valence-corrected chi connectivity index (χ0v) is 18.4. The van der Waals surface area contributed by atoms with Crippen molar-refractivity contribution >= 4 is 5.97 Å². The van der Waals surface area contributed by atoms with Crippen LogP contribution in [0.4, 0.5) is 0 Å². The summed E-state index contributed by atoms with van der Waals surface area (Å²) < 4.78 is 11.2. The summed E-state index contributed by atoms with van der Waals surface area (Å²) in [6, 6.07) is 5.58. The summed E-state index contributed by atoms with van der Waals surface area (Å²) in [6.07, 6.45) is -5.89. The van der Waals surface area contributed by atoms with Gasteiger partial charge < -0.3 is 40.1 Å². The van der Waals surface area contributed by atoms with Gasteiger partial charge in [-0.15, -0.1) is 0 Å². The molecule has 3 fully saturated rings. The summed E-state index contributed by atoms with van der Waals surface area (Å²) in [4.78, 5) is 11.4. The molecule has 1 aromatic carbocycles. The number of fused-ring (bicyclic) bond motifs is 5. The molecular formula is C24H32O9. The average Bonchev–Trinajstić information content (AvgIpc) is 3.03. The minimum Gasteiger partial charge on any atom is -0.508 e. The molecule has 0 spiro atoms. The van der Waals surface area contributed by atoms with Crippen LogP contribution in [-0.4, -0.2) is 79.5 Å². The monoisotopic (exact) mass is 464 g/mol.